The summed E-state index contributed by atoms with van der Waals surface area (Å²) in [6.45, 7) is 6.53. The lowest BCUT2D eigenvalue weighted by molar-refractivity contribution is -0.142. The van der Waals surface area contributed by atoms with E-state index in [4.69, 9.17) is 10.8 Å². The van der Waals surface area contributed by atoms with Crippen molar-refractivity contribution < 1.29 is 9.90 Å². The highest BCUT2D eigenvalue weighted by atomic mass is 79.9. The van der Waals surface area contributed by atoms with Gasteiger partial charge in [0.15, 0.2) is 0 Å². The van der Waals surface area contributed by atoms with Crippen molar-refractivity contribution in [3.05, 3.63) is 15.9 Å². The number of nitrogens with two attached hydrogens (primary N) is 1. The maximum atomic E-state index is 11.1. The number of aromatic nitrogens is 2. The number of nitrogens with zero attached hydrogens (tertiary/aromatic N) is 3. The second-order valence-electron chi connectivity index (χ2n) is 5.08. The first kappa shape index (κ1) is 14.5. The summed E-state index contributed by atoms with van der Waals surface area (Å²) in [6.07, 6.45) is 0.485. The molecule has 0 amide bonds. The van der Waals surface area contributed by atoms with Crippen LogP contribution >= 0.6 is 15.9 Å². The second-order valence-corrected chi connectivity index (χ2v) is 5.88. The molecule has 1 aromatic rings. The van der Waals surface area contributed by atoms with Gasteiger partial charge in [0.2, 0.25) is 0 Å². The molecule has 106 valence electrons. The number of rotatable bonds is 4. The van der Waals surface area contributed by atoms with E-state index in [0.717, 1.165) is 22.4 Å². The third kappa shape index (κ3) is 2.68. The summed E-state index contributed by atoms with van der Waals surface area (Å²) in [5.41, 5.74) is 6.80. The Morgan fingerprint density at radius 1 is 1.63 bits per heavy atom. The van der Waals surface area contributed by atoms with Gasteiger partial charge in [-0.3, -0.25) is 14.4 Å². The molecule has 19 heavy (non-hydrogen) atoms. The van der Waals surface area contributed by atoms with Crippen molar-refractivity contribution in [2.75, 3.05) is 13.1 Å². The molecule has 1 aromatic heterocycles. The number of aliphatic carboxylic acids is 1. The molecule has 6 nitrogen and oxygen atoms in total. The fraction of sp³-hybridized carbons (Fsp3) is 0.667. The first-order valence-corrected chi connectivity index (χ1v) is 7.13. The van der Waals surface area contributed by atoms with E-state index in [0.29, 0.717) is 26.1 Å². The monoisotopic (exact) mass is 330 g/mol. The Labute approximate surface area is 120 Å². The molecule has 0 radical (unpaired) electrons. The van der Waals surface area contributed by atoms with E-state index in [1.54, 1.807) is 0 Å². The van der Waals surface area contributed by atoms with Gasteiger partial charge in [-0.15, -0.1) is 0 Å². The van der Waals surface area contributed by atoms with Gasteiger partial charge in [-0.05, 0) is 36.2 Å². The number of likely N-dealkylation sites (tertiary alicyclic amines) is 1. The zero-order valence-corrected chi connectivity index (χ0v) is 12.8. The summed E-state index contributed by atoms with van der Waals surface area (Å²) >= 11 is 3.55. The SMILES string of the molecule is CCn1nc(C)c(Br)c1CN1CCC(N)(C(=O)O)C1. The molecule has 1 saturated heterocycles. The summed E-state index contributed by atoms with van der Waals surface area (Å²) in [7, 11) is 0. The fourth-order valence-electron chi connectivity index (χ4n) is 2.46. The predicted octanol–water partition coefficient (Wildman–Crippen LogP) is 0.962. The molecule has 0 aromatic carbocycles. The maximum Gasteiger partial charge on any atom is 0.325 e. The summed E-state index contributed by atoms with van der Waals surface area (Å²) in [5.74, 6) is -0.922. The molecule has 1 aliphatic rings. The number of aryl methyl sites for hydroxylation is 2. The highest BCUT2D eigenvalue weighted by Crippen LogP contribution is 2.26. The van der Waals surface area contributed by atoms with Crippen LogP contribution in [-0.2, 0) is 17.9 Å². The minimum atomic E-state index is -1.11. The zero-order valence-electron chi connectivity index (χ0n) is 11.2. The first-order chi connectivity index (χ1) is 8.87. The largest absolute Gasteiger partial charge is 0.480 e. The van der Waals surface area contributed by atoms with Crippen LogP contribution in [0.1, 0.15) is 24.7 Å². The molecule has 0 aliphatic carbocycles. The molecule has 2 heterocycles. The third-order valence-electron chi connectivity index (χ3n) is 3.63. The summed E-state index contributed by atoms with van der Waals surface area (Å²) in [6, 6.07) is 0. The Hall–Kier alpha value is -0.920. The predicted molar refractivity (Wildman–Crippen MR) is 74.8 cm³/mol. The first-order valence-electron chi connectivity index (χ1n) is 6.34. The lowest BCUT2D eigenvalue weighted by Gasteiger charge is -2.20. The molecule has 7 heteroatoms. The van der Waals surface area contributed by atoms with Crippen LogP contribution in [0.25, 0.3) is 0 Å². The molecule has 0 spiro atoms. The van der Waals surface area contributed by atoms with E-state index in [1.165, 1.54) is 0 Å². The Bertz CT molecular complexity index is 502. The zero-order chi connectivity index (χ0) is 14.2. The lowest BCUT2D eigenvalue weighted by Crippen LogP contribution is -2.50. The molecule has 0 bridgehead atoms. The van der Waals surface area contributed by atoms with E-state index in [2.05, 4.69) is 25.9 Å². The molecule has 1 unspecified atom stereocenters. The average molecular weight is 331 g/mol. The molecule has 3 N–H and O–H groups in total. The molecular weight excluding hydrogens is 312 g/mol. The average Bonchev–Trinajstić information content (AvgIpc) is 2.86. The van der Waals surface area contributed by atoms with Crippen molar-refractivity contribution in [3.8, 4) is 0 Å². The molecule has 2 rings (SSSR count). The molecular formula is C12H19BrN4O2. The van der Waals surface area contributed by atoms with Gasteiger partial charge in [-0.2, -0.15) is 5.10 Å². The number of hydrogen-bond acceptors (Lipinski definition) is 4. The molecule has 1 fully saturated rings. The van der Waals surface area contributed by atoms with E-state index >= 15 is 0 Å². The van der Waals surface area contributed by atoms with Crippen molar-refractivity contribution in [1.82, 2.24) is 14.7 Å². The van der Waals surface area contributed by atoms with Gasteiger partial charge in [0.1, 0.15) is 5.54 Å². The van der Waals surface area contributed by atoms with Gasteiger partial charge in [0.25, 0.3) is 0 Å². The van der Waals surface area contributed by atoms with Crippen LogP contribution in [0.4, 0.5) is 0 Å². The van der Waals surface area contributed by atoms with E-state index in [-0.39, 0.29) is 0 Å². The van der Waals surface area contributed by atoms with Crippen molar-refractivity contribution >= 4 is 21.9 Å². The van der Waals surface area contributed by atoms with Crippen molar-refractivity contribution in [2.24, 2.45) is 5.73 Å². The van der Waals surface area contributed by atoms with Crippen molar-refractivity contribution in [1.29, 1.82) is 0 Å². The van der Waals surface area contributed by atoms with Crippen molar-refractivity contribution in [2.45, 2.75) is 38.9 Å². The number of carboxylic acid groups (broad SMARTS) is 1. The topological polar surface area (TPSA) is 84.4 Å². The number of carboxylic acids is 1. The van der Waals surface area contributed by atoms with Crippen LogP contribution in [0.3, 0.4) is 0 Å². The number of halogens is 1. The highest BCUT2D eigenvalue weighted by molar-refractivity contribution is 9.10. The Balaban J connectivity index is 2.13. The van der Waals surface area contributed by atoms with Crippen LogP contribution in [0.2, 0.25) is 0 Å². The van der Waals surface area contributed by atoms with E-state index in [1.807, 2.05) is 18.5 Å². The minimum Gasteiger partial charge on any atom is -0.480 e. The van der Waals surface area contributed by atoms with E-state index < -0.39 is 11.5 Å². The lowest BCUT2D eigenvalue weighted by atomic mass is 10.0. The third-order valence-corrected chi connectivity index (χ3v) is 4.66. The van der Waals surface area contributed by atoms with Crippen molar-refractivity contribution in [3.63, 3.8) is 0 Å². The molecule has 1 atom stereocenters. The smallest absolute Gasteiger partial charge is 0.325 e. The summed E-state index contributed by atoms with van der Waals surface area (Å²) < 4.78 is 2.94. The van der Waals surface area contributed by atoms with Gasteiger partial charge in [0, 0.05) is 26.2 Å². The van der Waals surface area contributed by atoms with Crippen LogP contribution in [0.5, 0.6) is 0 Å². The van der Waals surface area contributed by atoms with Gasteiger partial charge in [0.05, 0.1) is 15.9 Å². The summed E-state index contributed by atoms with van der Waals surface area (Å²) in [5, 5.41) is 13.6. The van der Waals surface area contributed by atoms with Crippen LogP contribution in [-0.4, -0.2) is 44.4 Å². The second kappa shape index (κ2) is 5.22. The molecule has 0 saturated carbocycles. The van der Waals surface area contributed by atoms with Crippen LogP contribution in [0.15, 0.2) is 4.47 Å². The van der Waals surface area contributed by atoms with Gasteiger partial charge in [-0.1, -0.05) is 0 Å². The maximum absolute atomic E-state index is 11.1. The van der Waals surface area contributed by atoms with Gasteiger partial charge in [-0.25, -0.2) is 0 Å². The highest BCUT2D eigenvalue weighted by Gasteiger charge is 2.41. The van der Waals surface area contributed by atoms with Gasteiger partial charge < -0.3 is 10.8 Å². The fourth-order valence-corrected chi connectivity index (χ4v) is 2.87. The standard InChI is InChI=1S/C12H19BrN4O2/c1-3-17-9(10(13)8(2)15-17)6-16-5-4-12(14,7-16)11(18)19/h3-7,14H2,1-2H3,(H,18,19). The number of hydrogen-bond donors (Lipinski definition) is 2. The normalized spacial score (nSPS) is 24.0. The molecule has 1 aliphatic heterocycles. The number of carbonyl (C=O) groups is 1. The Morgan fingerprint density at radius 2 is 2.32 bits per heavy atom. The quantitative estimate of drug-likeness (QED) is 0.859. The van der Waals surface area contributed by atoms with Gasteiger partial charge >= 0.3 is 5.97 Å². The minimum absolute atomic E-state index is 0.378. The van der Waals surface area contributed by atoms with Crippen LogP contribution in [0, 0.1) is 6.92 Å². The Kier molecular flexibility index (Phi) is 3.98. The summed E-state index contributed by atoms with van der Waals surface area (Å²) in [4.78, 5) is 13.2. The van der Waals surface area contributed by atoms with E-state index in [9.17, 15) is 4.79 Å². The van der Waals surface area contributed by atoms with Crippen LogP contribution < -0.4 is 5.73 Å². The Morgan fingerprint density at radius 3 is 2.84 bits per heavy atom.